The lowest BCUT2D eigenvalue weighted by Gasteiger charge is -2.17. The van der Waals surface area contributed by atoms with Gasteiger partial charge in [0, 0.05) is 35.5 Å². The van der Waals surface area contributed by atoms with E-state index in [4.69, 9.17) is 9.90 Å². The van der Waals surface area contributed by atoms with Gasteiger partial charge in [-0.3, -0.25) is 4.68 Å². The number of benzene rings is 3. The number of aromatic nitrogens is 2. The third-order valence-corrected chi connectivity index (χ3v) is 8.53. The molecular formula is C30H30F3N5O5S. The summed E-state index contributed by atoms with van der Waals surface area (Å²) in [5.74, 6) is -3.10. The molecule has 3 aromatic carbocycles. The maximum atomic E-state index is 13.4. The number of anilines is 1. The minimum absolute atomic E-state index is 0.0887. The molecule has 1 unspecified atom stereocenters. The van der Waals surface area contributed by atoms with E-state index in [1.165, 1.54) is 11.1 Å². The number of nitrogens with zero attached hydrogens (tertiary/aromatic N) is 2. The molecule has 0 spiro atoms. The summed E-state index contributed by atoms with van der Waals surface area (Å²) in [5.41, 5.74) is 6.00. The van der Waals surface area contributed by atoms with Crippen molar-refractivity contribution in [1.29, 1.82) is 0 Å². The number of alkyl halides is 3. The molecule has 4 N–H and O–H groups in total. The van der Waals surface area contributed by atoms with Gasteiger partial charge in [0.1, 0.15) is 19.1 Å². The number of rotatable bonds is 7. The van der Waals surface area contributed by atoms with Crippen LogP contribution in [0.2, 0.25) is 0 Å². The molecule has 44 heavy (non-hydrogen) atoms. The zero-order chi connectivity index (χ0) is 32.1. The van der Waals surface area contributed by atoms with Crippen LogP contribution in [0.3, 0.4) is 0 Å². The second-order valence-electron chi connectivity index (χ2n) is 10.2. The Morgan fingerprint density at radius 2 is 1.73 bits per heavy atom. The van der Waals surface area contributed by atoms with Crippen LogP contribution in [0.1, 0.15) is 35.2 Å². The third-order valence-electron chi connectivity index (χ3n) is 6.85. The number of aryl methyl sites for hydroxylation is 1. The number of aliphatic carboxylic acids is 1. The summed E-state index contributed by atoms with van der Waals surface area (Å²) in [6.07, 6.45) is -1.75. The third kappa shape index (κ3) is 8.23. The number of carbonyl (C=O) groups is 2. The van der Waals surface area contributed by atoms with Crippen molar-refractivity contribution in [2.75, 3.05) is 5.32 Å². The zero-order valence-corrected chi connectivity index (χ0v) is 24.6. The first-order valence-electron chi connectivity index (χ1n) is 13.4. The number of carbonyl (C=O) groups excluding carboxylic acids is 2. The molecule has 1 aliphatic heterocycles. The number of fused-ring (bicyclic) bond motifs is 1. The largest absolute Gasteiger partial charge is 0.542 e. The zero-order valence-electron chi connectivity index (χ0n) is 23.8. The summed E-state index contributed by atoms with van der Waals surface area (Å²) in [6.45, 7) is 3.71. The van der Waals surface area contributed by atoms with Gasteiger partial charge >= 0.3 is 12.2 Å². The number of nitrogens with two attached hydrogens (primary N) is 1. The van der Waals surface area contributed by atoms with Crippen molar-refractivity contribution in [3.63, 3.8) is 0 Å². The lowest BCUT2D eigenvalue weighted by atomic mass is 10.1. The van der Waals surface area contributed by atoms with Crippen molar-refractivity contribution < 1.29 is 41.6 Å². The van der Waals surface area contributed by atoms with Gasteiger partial charge in [-0.15, -0.1) is 0 Å². The maximum absolute atomic E-state index is 13.4. The van der Waals surface area contributed by atoms with Gasteiger partial charge in [-0.2, -0.15) is 18.3 Å². The number of amides is 2. The highest BCUT2D eigenvalue weighted by atomic mass is 32.2. The minimum Gasteiger partial charge on any atom is -0.542 e. The molecule has 0 bridgehead atoms. The Morgan fingerprint density at radius 3 is 2.36 bits per heavy atom. The van der Waals surface area contributed by atoms with E-state index in [0.717, 1.165) is 24.2 Å². The van der Waals surface area contributed by atoms with Gasteiger partial charge in [-0.25, -0.2) is 13.2 Å². The second kappa shape index (κ2) is 13.3. The Bertz CT molecular complexity index is 1760. The monoisotopic (exact) mass is 629 g/mol. The summed E-state index contributed by atoms with van der Waals surface area (Å²) in [5, 5.41) is 21.0. The molecule has 2 amide bonds. The second-order valence-corrected chi connectivity index (χ2v) is 12.2. The summed E-state index contributed by atoms with van der Waals surface area (Å²) in [7, 11) is -1.83. The van der Waals surface area contributed by atoms with Crippen molar-refractivity contribution in [3.05, 3.63) is 101 Å². The van der Waals surface area contributed by atoms with Gasteiger partial charge in [0.05, 0.1) is 28.6 Å². The molecular weight excluding hydrogens is 599 g/mol. The highest BCUT2D eigenvalue weighted by molar-refractivity contribution is 7.90. The van der Waals surface area contributed by atoms with Gasteiger partial charge in [0.25, 0.3) is 0 Å². The van der Waals surface area contributed by atoms with Gasteiger partial charge in [0.15, 0.2) is 9.84 Å². The fraction of sp³-hybridized carbons (Fsp3) is 0.233. The number of hydrogen-bond donors (Lipinski definition) is 3. The van der Waals surface area contributed by atoms with E-state index in [2.05, 4.69) is 21.0 Å². The summed E-state index contributed by atoms with van der Waals surface area (Å²) in [4.78, 5) is 21.8. The van der Waals surface area contributed by atoms with Crippen molar-refractivity contribution in [2.24, 2.45) is 7.05 Å². The first-order chi connectivity index (χ1) is 20.7. The Morgan fingerprint density at radius 1 is 1.05 bits per heavy atom. The summed E-state index contributed by atoms with van der Waals surface area (Å²) >= 11 is 0. The van der Waals surface area contributed by atoms with Gasteiger partial charge in [0.2, 0.25) is 0 Å². The number of quaternary nitrogens is 1. The summed E-state index contributed by atoms with van der Waals surface area (Å²) in [6, 6.07) is 19.8. The average molecular weight is 630 g/mol. The van der Waals surface area contributed by atoms with Crippen molar-refractivity contribution in [2.45, 2.75) is 42.9 Å². The quantitative estimate of drug-likeness (QED) is 0.286. The van der Waals surface area contributed by atoms with E-state index < -0.39 is 22.0 Å². The molecule has 14 heteroatoms. The Labute approximate surface area is 251 Å². The smallest absolute Gasteiger partial charge is 0.430 e. The van der Waals surface area contributed by atoms with Crippen LogP contribution < -0.4 is 21.1 Å². The first kappa shape index (κ1) is 32.2. The molecule has 2 heterocycles. The molecule has 232 valence electrons. The van der Waals surface area contributed by atoms with Crippen LogP contribution in [0.4, 0.5) is 23.7 Å². The molecule has 5 rings (SSSR count). The van der Waals surface area contributed by atoms with Crippen LogP contribution in [0.25, 0.3) is 11.1 Å². The van der Waals surface area contributed by atoms with E-state index in [0.29, 0.717) is 16.8 Å². The number of halogens is 3. The van der Waals surface area contributed by atoms with E-state index in [-0.39, 0.29) is 22.7 Å². The molecule has 0 fully saturated rings. The molecule has 0 saturated heterocycles. The number of urea groups is 1. The van der Waals surface area contributed by atoms with Gasteiger partial charge < -0.3 is 25.9 Å². The minimum atomic E-state index is -5.19. The molecule has 1 aromatic heterocycles. The van der Waals surface area contributed by atoms with Crippen LogP contribution in [0.15, 0.2) is 84.0 Å². The normalized spacial score (nSPS) is 13.3. The van der Waals surface area contributed by atoms with Crippen LogP contribution >= 0.6 is 0 Å². The number of carboxylic acids is 1. The molecule has 0 aliphatic carbocycles. The molecule has 1 atom stereocenters. The Hall–Kier alpha value is -4.69. The highest BCUT2D eigenvalue weighted by Gasteiger charge is 2.29. The Kier molecular flexibility index (Phi) is 9.75. The number of nitrogens with one attached hydrogen (secondary N) is 2. The molecule has 0 radical (unpaired) electrons. The fourth-order valence-electron chi connectivity index (χ4n) is 4.65. The van der Waals surface area contributed by atoms with Gasteiger partial charge in [-0.1, -0.05) is 42.5 Å². The SMILES string of the molecule is CC(NC(=O)Nc1ccc(S(=O)(=O)Cc2ccc3c(c2)C[NH2+]C3)cc1-c1cnn(C)c1)c1ccccc1.O=C([O-])C(F)(F)F. The predicted octanol–water partition coefficient (Wildman–Crippen LogP) is 2.82. The number of hydrogen-bond acceptors (Lipinski definition) is 6. The Balaban J connectivity index is 0.000000566. The van der Waals surface area contributed by atoms with Crippen LogP contribution in [-0.2, 0) is 40.5 Å². The molecule has 4 aromatic rings. The van der Waals surface area contributed by atoms with E-state index in [1.54, 1.807) is 42.3 Å². The van der Waals surface area contributed by atoms with Crippen LogP contribution in [0, 0.1) is 0 Å². The van der Waals surface area contributed by atoms with Crippen molar-refractivity contribution in [3.8, 4) is 11.1 Å². The maximum Gasteiger partial charge on any atom is 0.430 e. The van der Waals surface area contributed by atoms with Crippen molar-refractivity contribution >= 4 is 27.5 Å². The van der Waals surface area contributed by atoms with Crippen molar-refractivity contribution in [1.82, 2.24) is 15.1 Å². The topological polar surface area (TPSA) is 150 Å². The number of sulfone groups is 1. The summed E-state index contributed by atoms with van der Waals surface area (Å²) < 4.78 is 60.0. The predicted molar refractivity (Wildman–Crippen MR) is 153 cm³/mol. The molecule has 10 nitrogen and oxygen atoms in total. The van der Waals surface area contributed by atoms with Crippen LogP contribution in [-0.4, -0.2) is 36.4 Å². The molecule has 1 aliphatic rings. The highest BCUT2D eigenvalue weighted by Crippen LogP contribution is 2.32. The fourth-order valence-corrected chi connectivity index (χ4v) is 6.01. The van der Waals surface area contributed by atoms with E-state index >= 15 is 0 Å². The first-order valence-corrected chi connectivity index (χ1v) is 15.1. The van der Waals surface area contributed by atoms with Gasteiger partial charge in [-0.05, 0) is 42.3 Å². The van der Waals surface area contributed by atoms with E-state index in [1.807, 2.05) is 55.5 Å². The molecule has 0 saturated carbocycles. The van der Waals surface area contributed by atoms with Crippen LogP contribution in [0.5, 0.6) is 0 Å². The standard InChI is InChI=1S/C28H29N5O3S.C2HF3O2/c1-19(21-6-4-3-5-7-21)31-28(34)32-27-11-10-25(13-26(27)24-16-30-33(2)17-24)37(35,36)18-20-8-9-22-14-29-15-23(22)12-20;3-2(4,5)1(6)7/h3-13,16-17,19,29H,14-15,18H2,1-2H3,(H2,31,32,34);(H,6,7). The lowest BCUT2D eigenvalue weighted by molar-refractivity contribution is -0.676. The number of carboxylic acid groups (broad SMARTS) is 1. The lowest BCUT2D eigenvalue weighted by Crippen LogP contribution is -2.77. The average Bonchev–Trinajstić information content (AvgIpc) is 3.61. The van der Waals surface area contributed by atoms with E-state index in [9.17, 15) is 26.4 Å².